The van der Waals surface area contributed by atoms with Crippen molar-refractivity contribution >= 4 is 39.1 Å². The van der Waals surface area contributed by atoms with Gasteiger partial charge in [-0.2, -0.15) is 0 Å². The van der Waals surface area contributed by atoms with E-state index in [9.17, 15) is 22.4 Å². The minimum Gasteiger partial charge on any atom is -0.484 e. The van der Waals surface area contributed by atoms with Crippen LogP contribution in [-0.4, -0.2) is 38.3 Å². The van der Waals surface area contributed by atoms with Crippen molar-refractivity contribution in [3.8, 4) is 5.75 Å². The molecule has 230 valence electrons. The molecule has 0 aliphatic heterocycles. The molecule has 4 rings (SSSR count). The second-order valence-corrected chi connectivity index (χ2v) is 12.6. The highest BCUT2D eigenvalue weighted by atomic mass is 35.5. The number of hydrogen-bond donors (Lipinski definition) is 2. The summed E-state index contributed by atoms with van der Waals surface area (Å²) in [6.45, 7) is 4.11. The lowest BCUT2D eigenvalue weighted by Crippen LogP contribution is -2.45. The number of nitrogens with one attached hydrogen (secondary N) is 2. The number of hydrogen-bond acceptors (Lipinski definition) is 5. The summed E-state index contributed by atoms with van der Waals surface area (Å²) in [5.41, 5.74) is 1.62. The third-order valence-electron chi connectivity index (χ3n) is 6.54. The topological polar surface area (TPSA) is 105 Å². The van der Waals surface area contributed by atoms with Gasteiger partial charge in [-0.1, -0.05) is 67.9 Å². The maximum Gasteiger partial charge on any atom is 0.261 e. The van der Waals surface area contributed by atoms with Crippen molar-refractivity contribution in [1.82, 2.24) is 10.2 Å². The number of carbonyl (C=O) groups excluding carboxylic acids is 2. The first-order valence-corrected chi connectivity index (χ1v) is 15.8. The van der Waals surface area contributed by atoms with Gasteiger partial charge in [0.15, 0.2) is 6.61 Å². The van der Waals surface area contributed by atoms with Crippen LogP contribution >= 0.6 is 11.6 Å². The smallest absolute Gasteiger partial charge is 0.261 e. The Morgan fingerprint density at radius 1 is 0.886 bits per heavy atom. The average Bonchev–Trinajstić information content (AvgIpc) is 3.01. The molecule has 0 heterocycles. The number of carbonyl (C=O) groups is 2. The lowest BCUT2D eigenvalue weighted by molar-refractivity contribution is -0.143. The van der Waals surface area contributed by atoms with Gasteiger partial charge in [0.25, 0.3) is 15.9 Å². The Morgan fingerprint density at radius 2 is 1.52 bits per heavy atom. The van der Waals surface area contributed by atoms with Crippen LogP contribution in [0.5, 0.6) is 5.75 Å². The minimum atomic E-state index is -3.95. The molecule has 4 aromatic carbocycles. The number of amides is 2. The molecule has 0 saturated carbocycles. The lowest BCUT2D eigenvalue weighted by Gasteiger charge is -2.32. The van der Waals surface area contributed by atoms with Crippen molar-refractivity contribution in [2.45, 2.75) is 31.3 Å². The predicted molar refractivity (Wildman–Crippen MR) is 168 cm³/mol. The molecule has 0 unspecified atom stereocenters. The normalized spacial score (nSPS) is 11.9. The summed E-state index contributed by atoms with van der Waals surface area (Å²) in [5, 5.41) is 3.49. The van der Waals surface area contributed by atoms with Gasteiger partial charge in [-0.15, -0.1) is 0 Å². The fourth-order valence-corrected chi connectivity index (χ4v) is 5.48. The van der Waals surface area contributed by atoms with Gasteiger partial charge in [0.2, 0.25) is 5.91 Å². The van der Waals surface area contributed by atoms with E-state index < -0.39 is 34.4 Å². The monoisotopic (exact) mass is 637 g/mol. The molecule has 44 heavy (non-hydrogen) atoms. The van der Waals surface area contributed by atoms with Gasteiger partial charge in [-0.3, -0.25) is 14.3 Å². The molecule has 0 fully saturated rings. The molecule has 0 spiro atoms. The van der Waals surface area contributed by atoms with Gasteiger partial charge in [0.05, 0.1) is 4.90 Å². The van der Waals surface area contributed by atoms with Crippen molar-refractivity contribution in [2.24, 2.45) is 5.92 Å². The zero-order chi connectivity index (χ0) is 31.7. The second-order valence-electron chi connectivity index (χ2n) is 10.5. The highest BCUT2D eigenvalue weighted by Crippen LogP contribution is 2.26. The van der Waals surface area contributed by atoms with E-state index >= 15 is 0 Å². The summed E-state index contributed by atoms with van der Waals surface area (Å²) in [7, 11) is -3.95. The molecular weight excluding hydrogens is 605 g/mol. The lowest BCUT2D eigenvalue weighted by atomic mass is 10.0. The molecule has 2 N–H and O–H groups in total. The Bertz CT molecular complexity index is 1650. The van der Waals surface area contributed by atoms with Crippen LogP contribution in [0, 0.1) is 11.7 Å². The number of rotatable bonds is 13. The summed E-state index contributed by atoms with van der Waals surface area (Å²) in [5.74, 6) is -0.802. The Balaban J connectivity index is 1.54. The predicted octanol–water partition coefficient (Wildman–Crippen LogP) is 6.20. The number of sulfonamides is 1. The molecule has 0 aliphatic carbocycles. The third kappa shape index (κ3) is 9.05. The molecular formula is C33H33ClFN3O5S. The van der Waals surface area contributed by atoms with Crippen molar-refractivity contribution in [3.05, 3.63) is 125 Å². The Kier molecular flexibility index (Phi) is 11.0. The number of ether oxygens (including phenoxy) is 1. The van der Waals surface area contributed by atoms with E-state index in [1.807, 2.05) is 19.9 Å². The van der Waals surface area contributed by atoms with E-state index in [1.165, 1.54) is 41.3 Å². The quantitative estimate of drug-likeness (QED) is 0.182. The van der Waals surface area contributed by atoms with Crippen LogP contribution in [0.2, 0.25) is 5.02 Å². The van der Waals surface area contributed by atoms with E-state index in [0.717, 1.165) is 17.7 Å². The Morgan fingerprint density at radius 3 is 2.14 bits per heavy atom. The number of benzene rings is 4. The van der Waals surface area contributed by atoms with E-state index in [2.05, 4.69) is 10.0 Å². The molecule has 11 heteroatoms. The highest BCUT2D eigenvalue weighted by molar-refractivity contribution is 7.92. The van der Waals surface area contributed by atoms with Crippen LogP contribution < -0.4 is 14.8 Å². The summed E-state index contributed by atoms with van der Waals surface area (Å²) in [6, 6.07) is 25.6. The molecule has 0 aromatic heterocycles. The Hall–Kier alpha value is -4.41. The summed E-state index contributed by atoms with van der Waals surface area (Å²) in [4.78, 5) is 28.7. The van der Waals surface area contributed by atoms with Crippen molar-refractivity contribution in [2.75, 3.05) is 17.9 Å². The maximum atomic E-state index is 13.8. The molecule has 1 atom stereocenters. The minimum absolute atomic E-state index is 0.0455. The van der Waals surface area contributed by atoms with Crippen molar-refractivity contribution in [3.63, 3.8) is 0 Å². The van der Waals surface area contributed by atoms with Crippen molar-refractivity contribution in [1.29, 1.82) is 0 Å². The van der Waals surface area contributed by atoms with Crippen LogP contribution in [0.1, 0.15) is 31.0 Å². The number of halogens is 2. The van der Waals surface area contributed by atoms with Gasteiger partial charge in [-0.05, 0) is 77.7 Å². The fourth-order valence-electron chi connectivity index (χ4n) is 4.29. The highest BCUT2D eigenvalue weighted by Gasteiger charge is 2.32. The van der Waals surface area contributed by atoms with E-state index in [-0.39, 0.29) is 34.7 Å². The fraction of sp³-hybridized carbons (Fsp3) is 0.212. The zero-order valence-electron chi connectivity index (χ0n) is 24.2. The summed E-state index contributed by atoms with van der Waals surface area (Å²) < 4.78 is 46.9. The zero-order valence-corrected chi connectivity index (χ0v) is 25.8. The van der Waals surface area contributed by atoms with Crippen LogP contribution in [0.4, 0.5) is 10.1 Å². The first kappa shape index (κ1) is 32.5. The third-order valence-corrected chi connectivity index (χ3v) is 8.19. The van der Waals surface area contributed by atoms with Gasteiger partial charge in [-0.25, -0.2) is 12.8 Å². The van der Waals surface area contributed by atoms with Crippen molar-refractivity contribution < 1.29 is 27.1 Å². The number of anilines is 1. The SMILES string of the molecule is CC(C)CNC(=O)[C@@H](c1ccccc1)N(Cc1ccc(Cl)cc1)C(=O)COc1ccc(S(=O)(=O)Nc2ccc(F)cc2)cc1. The number of nitrogens with zero attached hydrogens (tertiary/aromatic N) is 1. The van der Waals surface area contributed by atoms with Crippen LogP contribution in [-0.2, 0) is 26.2 Å². The second kappa shape index (κ2) is 14.9. The average molecular weight is 638 g/mol. The van der Waals surface area contributed by atoms with Gasteiger partial charge in [0, 0.05) is 23.8 Å². The van der Waals surface area contributed by atoms with E-state index in [1.54, 1.807) is 48.5 Å². The van der Waals surface area contributed by atoms with Gasteiger partial charge in [0.1, 0.15) is 17.6 Å². The van der Waals surface area contributed by atoms with E-state index in [0.29, 0.717) is 17.1 Å². The van der Waals surface area contributed by atoms with Crippen LogP contribution in [0.3, 0.4) is 0 Å². The van der Waals surface area contributed by atoms with Gasteiger partial charge < -0.3 is 15.0 Å². The van der Waals surface area contributed by atoms with E-state index in [4.69, 9.17) is 16.3 Å². The van der Waals surface area contributed by atoms with Crippen LogP contribution in [0.25, 0.3) is 0 Å². The van der Waals surface area contributed by atoms with Gasteiger partial charge >= 0.3 is 0 Å². The molecule has 0 radical (unpaired) electrons. The molecule has 0 aliphatic rings. The Labute approximate surface area is 261 Å². The first-order chi connectivity index (χ1) is 21.0. The molecule has 2 amide bonds. The first-order valence-electron chi connectivity index (χ1n) is 13.9. The standard InChI is InChI=1S/C33H33ClFN3O5S/c1-23(2)20-36-33(40)32(25-6-4-3-5-7-25)38(21-24-8-10-26(34)11-9-24)31(39)22-43-29-16-18-30(19-17-29)44(41,42)37-28-14-12-27(35)13-15-28/h3-19,23,32,37H,20-22H2,1-2H3,(H,36,40)/t32-/m1/s1. The maximum absolute atomic E-state index is 13.8. The largest absolute Gasteiger partial charge is 0.484 e. The summed E-state index contributed by atoms with van der Waals surface area (Å²) in [6.07, 6.45) is 0. The molecule has 8 nitrogen and oxygen atoms in total. The molecule has 0 bridgehead atoms. The summed E-state index contributed by atoms with van der Waals surface area (Å²) >= 11 is 6.07. The molecule has 0 saturated heterocycles. The van der Waals surface area contributed by atoms with Crippen LogP contribution in [0.15, 0.2) is 108 Å². The molecule has 4 aromatic rings.